The van der Waals surface area contributed by atoms with Crippen LogP contribution in [-0.2, 0) is 0 Å². The number of rotatable bonds is 0. The Morgan fingerprint density at radius 1 is 0.625 bits per heavy atom. The van der Waals surface area contributed by atoms with Gasteiger partial charge in [0.25, 0.3) is 0 Å². The first-order valence-corrected chi connectivity index (χ1v) is 7.84. The van der Waals surface area contributed by atoms with E-state index in [2.05, 4.69) is 6.92 Å². The van der Waals surface area contributed by atoms with Crippen LogP contribution in [0.5, 0.6) is 0 Å². The molecule has 4 rings (SSSR count). The van der Waals surface area contributed by atoms with E-state index in [1.807, 2.05) is 0 Å². The fraction of sp³-hybridized carbons (Fsp3) is 1.00. The molecule has 4 aliphatic rings. The predicted molar refractivity (Wildman–Crippen MR) is 67.0 cm³/mol. The van der Waals surface area contributed by atoms with Gasteiger partial charge >= 0.3 is 0 Å². The second-order valence-corrected chi connectivity index (χ2v) is 7.37. The zero-order chi connectivity index (χ0) is 10.7. The number of hydrogen-bond acceptors (Lipinski definition) is 0. The summed E-state index contributed by atoms with van der Waals surface area (Å²) in [6.45, 7) is 2.57. The van der Waals surface area contributed by atoms with Crippen molar-refractivity contribution in [2.24, 2.45) is 41.4 Å². The van der Waals surface area contributed by atoms with Crippen LogP contribution in [0, 0.1) is 41.4 Å². The molecular weight excluding hydrogens is 192 g/mol. The summed E-state index contributed by atoms with van der Waals surface area (Å²) >= 11 is 0. The molecule has 0 nitrogen and oxygen atoms in total. The largest absolute Gasteiger partial charge is 0.0620 e. The van der Waals surface area contributed by atoms with E-state index in [0.29, 0.717) is 0 Å². The summed E-state index contributed by atoms with van der Waals surface area (Å²) in [4.78, 5) is 0. The van der Waals surface area contributed by atoms with Gasteiger partial charge in [-0.25, -0.2) is 0 Å². The Kier molecular flexibility index (Phi) is 2.18. The van der Waals surface area contributed by atoms with E-state index in [-0.39, 0.29) is 0 Å². The van der Waals surface area contributed by atoms with Gasteiger partial charge in [-0.3, -0.25) is 0 Å². The molecule has 0 spiro atoms. The molecule has 4 fully saturated rings. The smallest absolute Gasteiger partial charge is 0.0349 e. The Hall–Kier alpha value is 0. The third-order valence-corrected chi connectivity index (χ3v) is 7.05. The molecule has 4 saturated carbocycles. The minimum atomic E-state index is 1.09. The lowest BCUT2D eigenvalue weighted by molar-refractivity contribution is 0.0455. The van der Waals surface area contributed by atoms with Gasteiger partial charge in [0.05, 0.1) is 0 Å². The van der Waals surface area contributed by atoms with Crippen LogP contribution >= 0.6 is 0 Å². The Morgan fingerprint density at radius 3 is 1.62 bits per heavy atom. The van der Waals surface area contributed by atoms with Crippen LogP contribution < -0.4 is 0 Å². The molecule has 2 bridgehead atoms. The topological polar surface area (TPSA) is 0 Å². The van der Waals surface area contributed by atoms with Crippen molar-refractivity contribution in [2.45, 2.75) is 58.3 Å². The zero-order valence-electron chi connectivity index (χ0n) is 10.7. The Balaban J connectivity index is 1.58. The molecule has 0 amide bonds. The third-order valence-electron chi connectivity index (χ3n) is 7.05. The SMILES string of the molecule is CC1C2CCC1C1CC3CCCCC3CC21. The normalized spacial score (nSPS) is 59.4. The predicted octanol–water partition coefficient (Wildman–Crippen LogP) is 4.49. The van der Waals surface area contributed by atoms with E-state index in [1.54, 1.807) is 51.4 Å². The molecule has 0 aliphatic heterocycles. The lowest BCUT2D eigenvalue weighted by Gasteiger charge is -2.45. The summed E-state index contributed by atoms with van der Waals surface area (Å²) in [5, 5.41) is 0. The summed E-state index contributed by atoms with van der Waals surface area (Å²) in [6, 6.07) is 0. The van der Waals surface area contributed by atoms with E-state index in [4.69, 9.17) is 0 Å². The average molecular weight is 218 g/mol. The van der Waals surface area contributed by atoms with Crippen LogP contribution in [0.3, 0.4) is 0 Å². The fourth-order valence-corrected chi connectivity index (χ4v) is 6.37. The minimum absolute atomic E-state index is 1.09. The second kappa shape index (κ2) is 3.50. The van der Waals surface area contributed by atoms with Gasteiger partial charge in [0.2, 0.25) is 0 Å². The lowest BCUT2D eigenvalue weighted by Crippen LogP contribution is -2.36. The average Bonchev–Trinajstić information content (AvgIpc) is 2.81. The van der Waals surface area contributed by atoms with Crippen LogP contribution in [0.25, 0.3) is 0 Å². The highest BCUT2D eigenvalue weighted by Crippen LogP contribution is 2.63. The molecule has 0 saturated heterocycles. The molecule has 0 heterocycles. The molecule has 0 radical (unpaired) electrons. The van der Waals surface area contributed by atoms with Gasteiger partial charge in [-0.05, 0) is 67.1 Å². The highest BCUT2D eigenvalue weighted by Gasteiger charge is 2.55. The Morgan fingerprint density at radius 2 is 1.12 bits per heavy atom. The maximum absolute atomic E-state index is 2.57. The summed E-state index contributed by atoms with van der Waals surface area (Å²) in [6.07, 6.45) is 12.7. The van der Waals surface area contributed by atoms with Crippen molar-refractivity contribution in [2.75, 3.05) is 0 Å². The van der Waals surface area contributed by atoms with Crippen LogP contribution in [0.1, 0.15) is 58.3 Å². The van der Waals surface area contributed by atoms with Gasteiger partial charge in [0.15, 0.2) is 0 Å². The van der Waals surface area contributed by atoms with Gasteiger partial charge < -0.3 is 0 Å². The Bertz CT molecular complexity index is 254. The first-order valence-electron chi connectivity index (χ1n) is 7.84. The van der Waals surface area contributed by atoms with Crippen LogP contribution in [-0.4, -0.2) is 0 Å². The van der Waals surface area contributed by atoms with Gasteiger partial charge in [0.1, 0.15) is 0 Å². The van der Waals surface area contributed by atoms with Crippen molar-refractivity contribution in [3.8, 4) is 0 Å². The van der Waals surface area contributed by atoms with E-state index in [1.165, 1.54) is 11.8 Å². The zero-order valence-corrected chi connectivity index (χ0v) is 10.7. The first kappa shape index (κ1) is 9.97. The third kappa shape index (κ3) is 1.22. The molecule has 16 heavy (non-hydrogen) atoms. The Labute approximate surface area is 100 Å². The van der Waals surface area contributed by atoms with Crippen molar-refractivity contribution in [1.82, 2.24) is 0 Å². The van der Waals surface area contributed by atoms with E-state index in [0.717, 1.165) is 29.6 Å². The van der Waals surface area contributed by atoms with Crippen molar-refractivity contribution in [3.05, 3.63) is 0 Å². The molecule has 0 aromatic carbocycles. The van der Waals surface area contributed by atoms with Crippen LogP contribution in [0.4, 0.5) is 0 Å². The molecular formula is C16H26. The molecule has 90 valence electrons. The quantitative estimate of drug-likeness (QED) is 0.562. The van der Waals surface area contributed by atoms with Gasteiger partial charge in [-0.2, -0.15) is 0 Å². The lowest BCUT2D eigenvalue weighted by atomic mass is 9.60. The van der Waals surface area contributed by atoms with E-state index in [9.17, 15) is 0 Å². The van der Waals surface area contributed by atoms with Crippen molar-refractivity contribution in [3.63, 3.8) is 0 Å². The summed E-state index contributed by atoms with van der Waals surface area (Å²) in [5.74, 6) is 8.05. The first-order chi connectivity index (χ1) is 7.84. The van der Waals surface area contributed by atoms with E-state index >= 15 is 0 Å². The summed E-state index contributed by atoms with van der Waals surface area (Å²) in [7, 11) is 0. The highest BCUT2D eigenvalue weighted by atomic mass is 14.6. The van der Waals surface area contributed by atoms with Gasteiger partial charge in [0, 0.05) is 0 Å². The van der Waals surface area contributed by atoms with Crippen molar-refractivity contribution < 1.29 is 0 Å². The van der Waals surface area contributed by atoms with Crippen LogP contribution in [0.2, 0.25) is 0 Å². The number of fused-ring (bicyclic) bond motifs is 6. The van der Waals surface area contributed by atoms with E-state index < -0.39 is 0 Å². The fourth-order valence-electron chi connectivity index (χ4n) is 6.37. The minimum Gasteiger partial charge on any atom is -0.0620 e. The highest BCUT2D eigenvalue weighted by molar-refractivity contribution is 5.04. The maximum atomic E-state index is 2.57. The molecule has 0 heteroatoms. The van der Waals surface area contributed by atoms with Gasteiger partial charge in [-0.1, -0.05) is 32.6 Å². The van der Waals surface area contributed by atoms with Gasteiger partial charge in [-0.15, -0.1) is 0 Å². The second-order valence-electron chi connectivity index (χ2n) is 7.37. The maximum Gasteiger partial charge on any atom is -0.0349 e. The van der Waals surface area contributed by atoms with Crippen molar-refractivity contribution >= 4 is 0 Å². The van der Waals surface area contributed by atoms with Crippen LogP contribution in [0.15, 0.2) is 0 Å². The number of hydrogen-bond donors (Lipinski definition) is 0. The van der Waals surface area contributed by atoms with Crippen molar-refractivity contribution in [1.29, 1.82) is 0 Å². The molecule has 0 N–H and O–H groups in total. The molecule has 4 aliphatic carbocycles. The molecule has 6 atom stereocenters. The molecule has 0 aromatic heterocycles. The summed E-state index contributed by atoms with van der Waals surface area (Å²) in [5.41, 5.74) is 0. The summed E-state index contributed by atoms with van der Waals surface area (Å²) < 4.78 is 0. The molecule has 0 aromatic rings. The molecule has 6 unspecified atom stereocenters. The standard InChI is InChI=1S/C16H26/c1-10-13-6-7-14(10)16-9-12-5-3-2-4-11(12)8-15(13)16/h10-16H,2-9H2,1H3. The monoisotopic (exact) mass is 218 g/mol.